The summed E-state index contributed by atoms with van der Waals surface area (Å²) < 4.78 is 10.8. The van der Waals surface area contributed by atoms with Gasteiger partial charge in [-0.3, -0.25) is 4.79 Å². The lowest BCUT2D eigenvalue weighted by atomic mass is 9.64. The summed E-state index contributed by atoms with van der Waals surface area (Å²) in [6, 6.07) is 5.23. The van der Waals surface area contributed by atoms with Crippen LogP contribution in [0.4, 0.5) is 5.69 Å². The van der Waals surface area contributed by atoms with Crippen molar-refractivity contribution in [3.8, 4) is 5.75 Å². The zero-order valence-corrected chi connectivity index (χ0v) is 13.1. The first kappa shape index (κ1) is 15.6. The van der Waals surface area contributed by atoms with Gasteiger partial charge in [0.2, 0.25) is 0 Å². The number of nitrogen functional groups attached to an aromatic ring is 1. The summed E-state index contributed by atoms with van der Waals surface area (Å²) in [6.07, 6.45) is 1.02. The molecule has 3 N–H and O–H groups in total. The average Bonchev–Trinajstić information content (AvgIpc) is 2.45. The van der Waals surface area contributed by atoms with E-state index in [1.165, 1.54) is 0 Å². The van der Waals surface area contributed by atoms with Gasteiger partial charge in [0.25, 0.3) is 5.91 Å². The van der Waals surface area contributed by atoms with Crippen LogP contribution in [0.1, 0.15) is 37.6 Å². The number of methoxy groups -OCH3 is 1. The van der Waals surface area contributed by atoms with Gasteiger partial charge < -0.3 is 20.5 Å². The maximum Gasteiger partial charge on any atom is 0.251 e. The monoisotopic (exact) mass is 292 g/mol. The van der Waals surface area contributed by atoms with Crippen LogP contribution in [0.15, 0.2) is 18.2 Å². The molecule has 1 fully saturated rings. The van der Waals surface area contributed by atoms with Crippen molar-refractivity contribution < 1.29 is 14.3 Å². The number of anilines is 1. The molecule has 2 atom stereocenters. The molecule has 2 rings (SSSR count). The topological polar surface area (TPSA) is 73.6 Å². The second-order valence-corrected chi connectivity index (χ2v) is 5.99. The number of benzene rings is 1. The molecular weight excluding hydrogens is 268 g/mol. The molecule has 21 heavy (non-hydrogen) atoms. The SMILES string of the molecule is CCOc1ccc(C(=O)NC2CC(OC)C2(C)C)cc1N. The fraction of sp³-hybridized carbons (Fsp3) is 0.562. The summed E-state index contributed by atoms with van der Waals surface area (Å²) in [5.41, 5.74) is 6.87. The van der Waals surface area contributed by atoms with Gasteiger partial charge in [-0.15, -0.1) is 0 Å². The number of rotatable bonds is 5. The summed E-state index contributed by atoms with van der Waals surface area (Å²) in [4.78, 5) is 12.3. The number of carbonyl (C=O) groups is 1. The third-order valence-electron chi connectivity index (χ3n) is 4.34. The maximum absolute atomic E-state index is 12.3. The Morgan fingerprint density at radius 1 is 1.48 bits per heavy atom. The van der Waals surface area contributed by atoms with Crippen molar-refractivity contribution >= 4 is 11.6 Å². The molecule has 5 heteroatoms. The van der Waals surface area contributed by atoms with Crippen molar-refractivity contribution in [1.29, 1.82) is 0 Å². The van der Waals surface area contributed by atoms with E-state index in [-0.39, 0.29) is 23.5 Å². The second kappa shape index (κ2) is 5.93. The highest BCUT2D eigenvalue weighted by molar-refractivity contribution is 5.95. The Bertz CT molecular complexity index is 528. The van der Waals surface area contributed by atoms with Crippen LogP contribution < -0.4 is 15.8 Å². The molecule has 5 nitrogen and oxygen atoms in total. The van der Waals surface area contributed by atoms with Crippen LogP contribution in [-0.4, -0.2) is 31.8 Å². The molecule has 1 saturated carbocycles. The van der Waals surface area contributed by atoms with Crippen LogP contribution in [0.25, 0.3) is 0 Å². The minimum absolute atomic E-state index is 0.0543. The first-order chi connectivity index (χ1) is 9.90. The number of nitrogens with one attached hydrogen (secondary N) is 1. The standard InChI is InChI=1S/C16H24N2O3/c1-5-21-12-7-6-10(8-11(12)17)15(19)18-13-9-14(20-4)16(13,2)3/h6-8,13-14H,5,9,17H2,1-4H3,(H,18,19). The third-order valence-corrected chi connectivity index (χ3v) is 4.34. The highest BCUT2D eigenvalue weighted by atomic mass is 16.5. The van der Waals surface area contributed by atoms with Crippen LogP contribution in [-0.2, 0) is 4.74 Å². The highest BCUT2D eigenvalue weighted by Gasteiger charge is 2.49. The number of hydrogen-bond donors (Lipinski definition) is 2. The van der Waals surface area contributed by atoms with E-state index in [0.717, 1.165) is 6.42 Å². The largest absolute Gasteiger partial charge is 0.492 e. The van der Waals surface area contributed by atoms with Gasteiger partial charge in [-0.05, 0) is 31.5 Å². The van der Waals surface area contributed by atoms with E-state index in [4.69, 9.17) is 15.2 Å². The minimum Gasteiger partial charge on any atom is -0.492 e. The smallest absolute Gasteiger partial charge is 0.251 e. The molecule has 0 radical (unpaired) electrons. The quantitative estimate of drug-likeness (QED) is 0.816. The highest BCUT2D eigenvalue weighted by Crippen LogP contribution is 2.42. The zero-order chi connectivity index (χ0) is 15.6. The fourth-order valence-corrected chi connectivity index (χ4v) is 2.75. The molecule has 1 aromatic rings. The van der Waals surface area contributed by atoms with Gasteiger partial charge in [0.05, 0.1) is 18.4 Å². The Labute approximate surface area is 125 Å². The number of carbonyl (C=O) groups excluding carboxylic acids is 1. The van der Waals surface area contributed by atoms with E-state index in [1.54, 1.807) is 25.3 Å². The molecule has 1 aliphatic rings. The molecule has 0 aliphatic heterocycles. The van der Waals surface area contributed by atoms with Gasteiger partial charge in [0, 0.05) is 24.1 Å². The van der Waals surface area contributed by atoms with Gasteiger partial charge in [-0.2, -0.15) is 0 Å². The second-order valence-electron chi connectivity index (χ2n) is 5.99. The first-order valence-corrected chi connectivity index (χ1v) is 7.26. The van der Waals surface area contributed by atoms with Crippen molar-refractivity contribution in [3.05, 3.63) is 23.8 Å². The predicted molar refractivity (Wildman–Crippen MR) is 82.5 cm³/mol. The number of nitrogens with two attached hydrogens (primary N) is 1. The van der Waals surface area contributed by atoms with E-state index >= 15 is 0 Å². The van der Waals surface area contributed by atoms with E-state index in [9.17, 15) is 4.79 Å². The number of hydrogen-bond acceptors (Lipinski definition) is 4. The lowest BCUT2D eigenvalue weighted by Crippen LogP contribution is -2.61. The summed E-state index contributed by atoms with van der Waals surface area (Å²) in [5.74, 6) is 0.495. The number of amides is 1. The minimum atomic E-state index is -0.114. The molecular formula is C16H24N2O3. The molecule has 0 bridgehead atoms. The van der Waals surface area contributed by atoms with E-state index in [0.29, 0.717) is 23.6 Å². The van der Waals surface area contributed by atoms with Gasteiger partial charge in [0.15, 0.2) is 0 Å². The lowest BCUT2D eigenvalue weighted by Gasteiger charge is -2.51. The van der Waals surface area contributed by atoms with Crippen molar-refractivity contribution in [1.82, 2.24) is 5.32 Å². The Balaban J connectivity index is 2.03. The van der Waals surface area contributed by atoms with Crippen LogP contribution in [0, 0.1) is 5.41 Å². The van der Waals surface area contributed by atoms with Crippen LogP contribution >= 0.6 is 0 Å². The molecule has 1 aliphatic carbocycles. The normalized spacial score (nSPS) is 23.2. The zero-order valence-electron chi connectivity index (χ0n) is 13.1. The molecule has 0 spiro atoms. The van der Waals surface area contributed by atoms with Crippen LogP contribution in [0.3, 0.4) is 0 Å². The summed E-state index contributed by atoms with van der Waals surface area (Å²) in [7, 11) is 1.71. The predicted octanol–water partition coefficient (Wildman–Crippen LogP) is 2.21. The molecule has 116 valence electrons. The van der Waals surface area contributed by atoms with Gasteiger partial charge in [0.1, 0.15) is 5.75 Å². The molecule has 0 aromatic heterocycles. The van der Waals surface area contributed by atoms with E-state index < -0.39 is 0 Å². The van der Waals surface area contributed by atoms with Crippen molar-refractivity contribution in [2.45, 2.75) is 39.3 Å². The lowest BCUT2D eigenvalue weighted by molar-refractivity contribution is -0.0942. The number of ether oxygens (including phenoxy) is 2. The summed E-state index contributed by atoms with van der Waals surface area (Å²) in [5, 5.41) is 3.05. The first-order valence-electron chi connectivity index (χ1n) is 7.26. The van der Waals surface area contributed by atoms with Crippen molar-refractivity contribution in [2.24, 2.45) is 5.41 Å². The van der Waals surface area contributed by atoms with Crippen molar-refractivity contribution in [2.75, 3.05) is 19.5 Å². The Morgan fingerprint density at radius 2 is 2.19 bits per heavy atom. The average molecular weight is 292 g/mol. The molecule has 0 heterocycles. The van der Waals surface area contributed by atoms with Gasteiger partial charge in [-0.25, -0.2) is 0 Å². The fourth-order valence-electron chi connectivity index (χ4n) is 2.75. The summed E-state index contributed by atoms with van der Waals surface area (Å²) in [6.45, 7) is 6.64. The Kier molecular flexibility index (Phi) is 4.42. The molecule has 0 saturated heterocycles. The van der Waals surface area contributed by atoms with Gasteiger partial charge >= 0.3 is 0 Å². The van der Waals surface area contributed by atoms with Crippen LogP contribution in [0.2, 0.25) is 0 Å². The van der Waals surface area contributed by atoms with Gasteiger partial charge in [-0.1, -0.05) is 13.8 Å². The Morgan fingerprint density at radius 3 is 2.71 bits per heavy atom. The molecule has 1 aromatic carbocycles. The third kappa shape index (κ3) is 2.97. The molecule has 1 amide bonds. The molecule has 2 unspecified atom stereocenters. The van der Waals surface area contributed by atoms with Crippen molar-refractivity contribution in [3.63, 3.8) is 0 Å². The van der Waals surface area contributed by atoms with Crippen LogP contribution in [0.5, 0.6) is 5.75 Å². The summed E-state index contributed by atoms with van der Waals surface area (Å²) >= 11 is 0. The maximum atomic E-state index is 12.3. The van der Waals surface area contributed by atoms with E-state index in [2.05, 4.69) is 19.2 Å². The van der Waals surface area contributed by atoms with E-state index in [1.807, 2.05) is 6.92 Å². The Hall–Kier alpha value is -1.75.